The Morgan fingerprint density at radius 2 is 1.79 bits per heavy atom. The van der Waals surface area contributed by atoms with E-state index in [4.69, 9.17) is 34.8 Å². The Morgan fingerprint density at radius 3 is 2.42 bits per heavy atom. The molecule has 202 valence electrons. The number of nitrogens with one attached hydrogen (secondary N) is 1. The van der Waals surface area contributed by atoms with Gasteiger partial charge in [-0.1, -0.05) is 46.9 Å². The minimum Gasteiger partial charge on any atom is -0.364 e. The van der Waals surface area contributed by atoms with Crippen LogP contribution in [0.2, 0.25) is 15.1 Å². The molecule has 1 aliphatic rings. The Labute approximate surface area is 244 Å². The van der Waals surface area contributed by atoms with Crippen LogP contribution in [0, 0.1) is 0 Å². The lowest BCUT2D eigenvalue weighted by Crippen LogP contribution is -2.48. The van der Waals surface area contributed by atoms with Crippen molar-refractivity contribution in [2.45, 2.75) is 49.7 Å². The maximum Gasteiger partial charge on any atom is 0.254 e. The summed E-state index contributed by atoms with van der Waals surface area (Å²) in [5.74, 6) is -0.266. The molecule has 1 fully saturated rings. The summed E-state index contributed by atoms with van der Waals surface area (Å²) in [5.41, 5.74) is 2.74. The second-order valence-corrected chi connectivity index (χ2v) is 11.7. The first-order valence-electron chi connectivity index (χ1n) is 12.8. The van der Waals surface area contributed by atoms with E-state index in [1.54, 1.807) is 11.8 Å². The third-order valence-corrected chi connectivity index (χ3v) is 8.69. The summed E-state index contributed by atoms with van der Waals surface area (Å²) in [6.07, 6.45) is 7.96. The molecule has 1 aromatic heterocycles. The fraction of sp³-hybridized carbons (Fsp3) is 0.379. The summed E-state index contributed by atoms with van der Waals surface area (Å²) >= 11 is 20.3. The van der Waals surface area contributed by atoms with Crippen LogP contribution in [0.1, 0.15) is 42.1 Å². The summed E-state index contributed by atoms with van der Waals surface area (Å²) < 4.78 is 0. The highest BCUT2D eigenvalue weighted by Crippen LogP contribution is 2.29. The number of carbonyl (C=O) groups excluding carboxylic acids is 1. The predicted octanol–water partition coefficient (Wildman–Crippen LogP) is 7.44. The molecule has 1 N–H and O–H groups in total. The van der Waals surface area contributed by atoms with Crippen LogP contribution in [0.3, 0.4) is 0 Å². The third-order valence-electron chi connectivity index (χ3n) is 7.14. The van der Waals surface area contributed by atoms with Gasteiger partial charge in [0.15, 0.2) is 0 Å². The van der Waals surface area contributed by atoms with Gasteiger partial charge in [0.2, 0.25) is 0 Å². The lowest BCUT2D eigenvalue weighted by molar-refractivity contribution is 0.0945. The zero-order chi connectivity index (χ0) is 27.1. The molecule has 0 saturated carbocycles. The summed E-state index contributed by atoms with van der Waals surface area (Å²) in [4.78, 5) is 22.8. The SMILES string of the molecule is CSc1ccc(N(Cc2cccc(Cl)c2)C2CCN(C(C)CCNC(=O)c3c(Cl)cncc3Cl)CC2)cc1. The molecule has 1 saturated heterocycles. The standard InChI is InChI=1S/C29H33Cl3N4OS/c1-20(10-13-34-29(37)28-26(31)17-33-18-27(28)32)35-14-11-24(12-15-35)36(19-21-4-3-5-22(30)16-21)23-6-8-25(38-2)9-7-23/h3-9,16-18,20,24H,10-15,19H2,1-2H3,(H,34,37). The van der Waals surface area contributed by atoms with Crippen molar-refractivity contribution >= 4 is 58.2 Å². The van der Waals surface area contributed by atoms with Crippen LogP contribution in [-0.4, -0.2) is 53.8 Å². The molecule has 0 radical (unpaired) electrons. The van der Waals surface area contributed by atoms with E-state index in [1.807, 2.05) is 12.1 Å². The van der Waals surface area contributed by atoms with Crippen LogP contribution in [0.15, 0.2) is 65.8 Å². The van der Waals surface area contributed by atoms with E-state index in [9.17, 15) is 4.79 Å². The normalized spacial score (nSPS) is 15.3. The average molecular weight is 592 g/mol. The number of aromatic nitrogens is 1. The molecule has 4 rings (SSSR count). The zero-order valence-corrected chi connectivity index (χ0v) is 24.8. The van der Waals surface area contributed by atoms with Crippen LogP contribution in [-0.2, 0) is 6.54 Å². The number of anilines is 1. The Hall–Kier alpha value is -1.96. The van der Waals surface area contributed by atoms with Crippen molar-refractivity contribution in [3.8, 4) is 0 Å². The molecule has 1 atom stereocenters. The smallest absolute Gasteiger partial charge is 0.254 e. The second-order valence-electron chi connectivity index (χ2n) is 9.59. The Bertz CT molecular complexity index is 1200. The van der Waals surface area contributed by atoms with Crippen molar-refractivity contribution in [2.24, 2.45) is 0 Å². The minimum absolute atomic E-state index is 0.260. The number of rotatable bonds is 10. The quantitative estimate of drug-likeness (QED) is 0.248. The van der Waals surface area contributed by atoms with Gasteiger partial charge in [-0.2, -0.15) is 0 Å². The fourth-order valence-electron chi connectivity index (χ4n) is 4.97. The molecule has 38 heavy (non-hydrogen) atoms. The number of halogens is 3. The maximum absolute atomic E-state index is 12.6. The van der Waals surface area contributed by atoms with Crippen LogP contribution in [0.25, 0.3) is 0 Å². The molecule has 3 aromatic rings. The van der Waals surface area contributed by atoms with Crippen molar-refractivity contribution < 1.29 is 4.79 Å². The highest BCUT2D eigenvalue weighted by atomic mass is 35.5. The molecule has 9 heteroatoms. The first-order valence-corrected chi connectivity index (χ1v) is 15.2. The van der Waals surface area contributed by atoms with Gasteiger partial charge in [-0.05, 0) is 74.4 Å². The van der Waals surface area contributed by atoms with E-state index in [-0.39, 0.29) is 21.5 Å². The molecule has 2 aromatic carbocycles. The van der Waals surface area contributed by atoms with Crippen molar-refractivity contribution in [3.05, 3.63) is 87.1 Å². The largest absolute Gasteiger partial charge is 0.364 e. The van der Waals surface area contributed by atoms with E-state index in [0.717, 1.165) is 43.9 Å². The summed E-state index contributed by atoms with van der Waals surface area (Å²) in [5, 5.41) is 4.24. The van der Waals surface area contributed by atoms with E-state index >= 15 is 0 Å². The highest BCUT2D eigenvalue weighted by molar-refractivity contribution is 7.98. The molecule has 1 amide bonds. The summed E-state index contributed by atoms with van der Waals surface area (Å²) in [7, 11) is 0. The predicted molar refractivity (Wildman–Crippen MR) is 161 cm³/mol. The number of likely N-dealkylation sites (tertiary alicyclic amines) is 1. The first kappa shape index (κ1) is 29.0. The number of hydrogen-bond donors (Lipinski definition) is 1. The van der Waals surface area contributed by atoms with Crippen LogP contribution in [0.4, 0.5) is 5.69 Å². The first-order chi connectivity index (χ1) is 18.4. The van der Waals surface area contributed by atoms with E-state index in [2.05, 4.69) is 69.7 Å². The van der Waals surface area contributed by atoms with E-state index in [1.165, 1.54) is 28.5 Å². The minimum atomic E-state index is -0.266. The molecule has 2 heterocycles. The number of carbonyl (C=O) groups is 1. The number of thioether (sulfide) groups is 1. The van der Waals surface area contributed by atoms with Gasteiger partial charge in [-0.25, -0.2) is 0 Å². The van der Waals surface area contributed by atoms with E-state index in [0.29, 0.717) is 18.6 Å². The lowest BCUT2D eigenvalue weighted by atomic mass is 9.99. The maximum atomic E-state index is 12.6. The Balaban J connectivity index is 1.34. The number of piperidine rings is 1. The van der Waals surface area contributed by atoms with Gasteiger partial charge in [0, 0.05) is 66.3 Å². The van der Waals surface area contributed by atoms with Crippen molar-refractivity contribution in [3.63, 3.8) is 0 Å². The van der Waals surface area contributed by atoms with Crippen molar-refractivity contribution in [1.29, 1.82) is 0 Å². The molecule has 1 unspecified atom stereocenters. The van der Waals surface area contributed by atoms with Crippen LogP contribution in [0.5, 0.6) is 0 Å². The molecule has 0 aliphatic carbocycles. The third kappa shape index (κ3) is 7.57. The van der Waals surface area contributed by atoms with Gasteiger partial charge in [-0.15, -0.1) is 11.8 Å². The Kier molecular flexibility index (Phi) is 10.6. The number of pyridine rings is 1. The second kappa shape index (κ2) is 13.9. The van der Waals surface area contributed by atoms with Gasteiger partial charge in [0.1, 0.15) is 0 Å². The van der Waals surface area contributed by atoms with Gasteiger partial charge < -0.3 is 15.1 Å². The lowest BCUT2D eigenvalue weighted by Gasteiger charge is -2.42. The summed E-state index contributed by atoms with van der Waals surface area (Å²) in [6.45, 7) is 5.63. The van der Waals surface area contributed by atoms with E-state index < -0.39 is 0 Å². The molecule has 1 aliphatic heterocycles. The van der Waals surface area contributed by atoms with Gasteiger partial charge >= 0.3 is 0 Å². The fourth-order valence-corrected chi connectivity index (χ4v) is 6.13. The zero-order valence-electron chi connectivity index (χ0n) is 21.7. The van der Waals surface area contributed by atoms with Crippen LogP contribution >= 0.6 is 46.6 Å². The van der Waals surface area contributed by atoms with Crippen molar-refractivity contribution in [1.82, 2.24) is 15.2 Å². The number of amides is 1. The molecule has 5 nitrogen and oxygen atoms in total. The monoisotopic (exact) mass is 590 g/mol. The molecule has 0 bridgehead atoms. The Morgan fingerprint density at radius 1 is 1.11 bits per heavy atom. The number of benzene rings is 2. The molecular formula is C29H33Cl3N4OS. The van der Waals surface area contributed by atoms with Crippen molar-refractivity contribution in [2.75, 3.05) is 30.8 Å². The van der Waals surface area contributed by atoms with Gasteiger partial charge in [-0.3, -0.25) is 9.78 Å². The number of hydrogen-bond acceptors (Lipinski definition) is 5. The van der Waals surface area contributed by atoms with Gasteiger partial charge in [0.05, 0.1) is 15.6 Å². The average Bonchev–Trinajstić information content (AvgIpc) is 2.92. The van der Waals surface area contributed by atoms with Crippen LogP contribution < -0.4 is 10.2 Å². The molecule has 0 spiro atoms. The topological polar surface area (TPSA) is 48.5 Å². The van der Waals surface area contributed by atoms with Gasteiger partial charge in [0.25, 0.3) is 5.91 Å². The number of nitrogens with zero attached hydrogens (tertiary/aromatic N) is 3. The molecular weight excluding hydrogens is 559 g/mol. The highest BCUT2D eigenvalue weighted by Gasteiger charge is 2.27. The summed E-state index contributed by atoms with van der Waals surface area (Å²) in [6, 6.07) is 17.8.